The maximum absolute atomic E-state index is 5.56. The van der Waals surface area contributed by atoms with Gasteiger partial charge in [-0.1, -0.05) is 31.1 Å². The second kappa shape index (κ2) is 11.7. The van der Waals surface area contributed by atoms with E-state index in [1.54, 1.807) is 7.11 Å². The number of nitrogens with one attached hydrogen (secondary N) is 2. The van der Waals surface area contributed by atoms with Crippen molar-refractivity contribution in [2.75, 3.05) is 46.5 Å². The minimum absolute atomic E-state index is 0.205. The Morgan fingerprint density at radius 1 is 1.19 bits per heavy atom. The van der Waals surface area contributed by atoms with Crippen molar-refractivity contribution in [1.82, 2.24) is 20.7 Å². The van der Waals surface area contributed by atoms with Crippen LogP contribution in [-0.2, 0) is 11.3 Å². The molecule has 1 unspecified atom stereocenters. The third-order valence-electron chi connectivity index (χ3n) is 5.36. The number of rotatable bonds is 9. The fraction of sp³-hybridized carbons (Fsp3) is 0.565. The van der Waals surface area contributed by atoms with Gasteiger partial charge in [-0.3, -0.25) is 4.90 Å². The van der Waals surface area contributed by atoms with Gasteiger partial charge in [-0.15, -0.1) is 0 Å². The molecule has 0 spiro atoms. The zero-order valence-corrected chi connectivity index (χ0v) is 19.1. The number of nitrogens with zero attached hydrogens (tertiary/aromatic N) is 3. The molecule has 2 N–H and O–H groups in total. The van der Waals surface area contributed by atoms with E-state index in [-0.39, 0.29) is 6.04 Å². The predicted octanol–water partition coefficient (Wildman–Crippen LogP) is 2.94. The quantitative estimate of drug-likeness (QED) is 0.468. The summed E-state index contributed by atoms with van der Waals surface area (Å²) < 4.78 is 16.3. The topological polar surface area (TPSA) is 84.2 Å². The van der Waals surface area contributed by atoms with Crippen molar-refractivity contribution in [2.24, 2.45) is 4.99 Å². The Balaban J connectivity index is 1.69. The largest absolute Gasteiger partial charge is 0.497 e. The molecule has 0 aliphatic carbocycles. The molecule has 3 rings (SSSR count). The third kappa shape index (κ3) is 6.70. The molecule has 1 fully saturated rings. The van der Waals surface area contributed by atoms with Crippen LogP contribution in [0, 0.1) is 0 Å². The van der Waals surface area contributed by atoms with E-state index >= 15 is 0 Å². The van der Waals surface area contributed by atoms with Gasteiger partial charge in [0.15, 0.2) is 11.7 Å². The molecule has 2 aromatic rings. The van der Waals surface area contributed by atoms with Gasteiger partial charge in [0.05, 0.1) is 32.1 Å². The first kappa shape index (κ1) is 23.1. The molecule has 1 aromatic carbocycles. The number of hydrogen-bond acceptors (Lipinski definition) is 6. The van der Waals surface area contributed by atoms with Gasteiger partial charge in [-0.25, -0.2) is 4.99 Å². The molecule has 1 aliphatic rings. The van der Waals surface area contributed by atoms with Crippen LogP contribution in [0.2, 0.25) is 0 Å². The molecular formula is C23H35N5O3. The van der Waals surface area contributed by atoms with Crippen molar-refractivity contribution in [2.45, 2.75) is 39.3 Å². The lowest BCUT2D eigenvalue weighted by molar-refractivity contribution is 0.0170. The van der Waals surface area contributed by atoms with E-state index in [0.717, 1.165) is 62.6 Å². The number of methoxy groups -OCH3 is 1. The Morgan fingerprint density at radius 3 is 2.55 bits per heavy atom. The Hall–Kier alpha value is -2.58. The predicted molar refractivity (Wildman–Crippen MR) is 122 cm³/mol. The van der Waals surface area contributed by atoms with Gasteiger partial charge in [0, 0.05) is 32.2 Å². The highest BCUT2D eigenvalue weighted by Gasteiger charge is 2.23. The molecule has 1 aliphatic heterocycles. The van der Waals surface area contributed by atoms with E-state index in [0.29, 0.717) is 12.5 Å². The van der Waals surface area contributed by atoms with Crippen molar-refractivity contribution >= 4 is 5.96 Å². The van der Waals surface area contributed by atoms with Gasteiger partial charge in [-0.05, 0) is 30.5 Å². The van der Waals surface area contributed by atoms with Crippen LogP contribution in [0.3, 0.4) is 0 Å². The lowest BCUT2D eigenvalue weighted by Gasteiger charge is -2.35. The Labute approximate surface area is 185 Å². The van der Waals surface area contributed by atoms with Crippen molar-refractivity contribution in [3.63, 3.8) is 0 Å². The normalized spacial score (nSPS) is 16.4. The highest BCUT2D eigenvalue weighted by Crippen LogP contribution is 2.23. The summed E-state index contributed by atoms with van der Waals surface area (Å²) in [4.78, 5) is 7.14. The Morgan fingerprint density at radius 2 is 1.94 bits per heavy atom. The fourth-order valence-electron chi connectivity index (χ4n) is 3.54. The van der Waals surface area contributed by atoms with Crippen LogP contribution in [0.4, 0.5) is 0 Å². The first-order valence-corrected chi connectivity index (χ1v) is 11.0. The average molecular weight is 430 g/mol. The number of morpholine rings is 1. The van der Waals surface area contributed by atoms with Crippen LogP contribution in [0.25, 0.3) is 0 Å². The van der Waals surface area contributed by atoms with Crippen LogP contribution in [0.5, 0.6) is 5.75 Å². The average Bonchev–Trinajstić information content (AvgIpc) is 3.28. The maximum Gasteiger partial charge on any atom is 0.191 e. The van der Waals surface area contributed by atoms with Gasteiger partial charge in [0.1, 0.15) is 12.3 Å². The molecule has 31 heavy (non-hydrogen) atoms. The van der Waals surface area contributed by atoms with Crippen LogP contribution in [0.15, 0.2) is 39.8 Å². The second-order valence-electron chi connectivity index (χ2n) is 7.89. The molecule has 0 bridgehead atoms. The van der Waals surface area contributed by atoms with E-state index in [9.17, 15) is 0 Å². The smallest absolute Gasteiger partial charge is 0.191 e. The number of aliphatic imine (C=N–C) groups is 1. The number of benzene rings is 1. The molecule has 2 heterocycles. The van der Waals surface area contributed by atoms with Gasteiger partial charge >= 0.3 is 0 Å². The lowest BCUT2D eigenvalue weighted by Crippen LogP contribution is -2.46. The van der Waals surface area contributed by atoms with Crippen molar-refractivity contribution in [3.05, 3.63) is 47.3 Å². The Kier molecular flexibility index (Phi) is 8.73. The van der Waals surface area contributed by atoms with E-state index in [1.807, 2.05) is 18.2 Å². The molecule has 1 saturated heterocycles. The fourth-order valence-corrected chi connectivity index (χ4v) is 3.54. The van der Waals surface area contributed by atoms with Crippen molar-refractivity contribution in [1.29, 1.82) is 0 Å². The van der Waals surface area contributed by atoms with E-state index in [2.05, 4.69) is 53.6 Å². The number of aromatic nitrogens is 1. The molecule has 0 amide bonds. The summed E-state index contributed by atoms with van der Waals surface area (Å²) in [5.74, 6) is 2.73. The van der Waals surface area contributed by atoms with E-state index in [1.165, 1.54) is 5.56 Å². The van der Waals surface area contributed by atoms with Gasteiger partial charge in [0.2, 0.25) is 0 Å². The first-order valence-electron chi connectivity index (χ1n) is 11.0. The molecule has 8 heteroatoms. The molecule has 0 saturated carbocycles. The van der Waals surface area contributed by atoms with Crippen molar-refractivity contribution in [3.8, 4) is 5.75 Å². The SMILES string of the molecule is CCNC(=NCc1cc(C(C)C)no1)NCC(c1ccc(OC)cc1)N1CCOCC1. The summed E-state index contributed by atoms with van der Waals surface area (Å²) in [5, 5.41) is 10.9. The van der Waals surface area contributed by atoms with Crippen LogP contribution >= 0.6 is 0 Å². The van der Waals surface area contributed by atoms with Gasteiger partial charge in [-0.2, -0.15) is 0 Å². The minimum Gasteiger partial charge on any atom is -0.497 e. The summed E-state index contributed by atoms with van der Waals surface area (Å²) in [6.07, 6.45) is 0. The van der Waals surface area contributed by atoms with Gasteiger partial charge in [0.25, 0.3) is 0 Å². The lowest BCUT2D eigenvalue weighted by atomic mass is 10.0. The monoisotopic (exact) mass is 429 g/mol. The number of ether oxygens (including phenoxy) is 2. The summed E-state index contributed by atoms with van der Waals surface area (Å²) in [5.41, 5.74) is 2.19. The number of guanidine groups is 1. The summed E-state index contributed by atoms with van der Waals surface area (Å²) in [7, 11) is 1.69. The molecule has 8 nitrogen and oxygen atoms in total. The Bertz CT molecular complexity index is 813. The molecule has 170 valence electrons. The van der Waals surface area contributed by atoms with Gasteiger partial charge < -0.3 is 24.6 Å². The zero-order chi connectivity index (χ0) is 22.1. The molecule has 1 aromatic heterocycles. The van der Waals surface area contributed by atoms with Crippen molar-refractivity contribution < 1.29 is 14.0 Å². The van der Waals surface area contributed by atoms with Crippen LogP contribution < -0.4 is 15.4 Å². The maximum atomic E-state index is 5.56. The van der Waals surface area contributed by atoms with E-state index < -0.39 is 0 Å². The highest BCUT2D eigenvalue weighted by atomic mass is 16.5. The second-order valence-corrected chi connectivity index (χ2v) is 7.89. The summed E-state index contributed by atoms with van der Waals surface area (Å²) in [6, 6.07) is 10.5. The summed E-state index contributed by atoms with van der Waals surface area (Å²) >= 11 is 0. The van der Waals surface area contributed by atoms with Crippen LogP contribution in [-0.4, -0.2) is 62.5 Å². The molecule has 0 radical (unpaired) electrons. The molecule has 1 atom stereocenters. The number of hydrogen-bond donors (Lipinski definition) is 2. The first-order chi connectivity index (χ1) is 15.1. The third-order valence-corrected chi connectivity index (χ3v) is 5.36. The standard InChI is InChI=1S/C23H35N5O3/c1-5-24-23(25-15-20-14-21(17(2)3)27-31-20)26-16-22(28-10-12-30-13-11-28)18-6-8-19(29-4)9-7-18/h6-9,14,17,22H,5,10-13,15-16H2,1-4H3,(H2,24,25,26). The van der Waals surface area contributed by atoms with Crippen LogP contribution in [0.1, 0.15) is 49.7 Å². The minimum atomic E-state index is 0.205. The zero-order valence-electron chi connectivity index (χ0n) is 19.1. The van der Waals surface area contributed by atoms with E-state index in [4.69, 9.17) is 19.0 Å². The molecular weight excluding hydrogens is 394 g/mol. The summed E-state index contributed by atoms with van der Waals surface area (Å²) in [6.45, 7) is 11.5. The highest BCUT2D eigenvalue weighted by molar-refractivity contribution is 5.79.